The summed E-state index contributed by atoms with van der Waals surface area (Å²) in [5.74, 6) is 0. The molecule has 0 rings (SSSR count). The van der Waals surface area contributed by atoms with E-state index in [4.69, 9.17) is 0 Å². The third kappa shape index (κ3) is 11.0. The van der Waals surface area contributed by atoms with Crippen molar-refractivity contribution in [3.8, 4) is 0 Å². The molecule has 0 radical (unpaired) electrons. The van der Waals surface area contributed by atoms with Crippen molar-refractivity contribution < 1.29 is 14.3 Å². The van der Waals surface area contributed by atoms with Crippen LogP contribution in [-0.2, 0) is 14.3 Å². The summed E-state index contributed by atoms with van der Waals surface area (Å²) in [5, 5.41) is 0. The average Bonchev–Trinajstić information content (AvgIpc) is 1.93. The maximum atomic E-state index is 9.47. The number of rotatable bonds is 3. The molecule has 54 valence electrons. The van der Waals surface area contributed by atoms with Gasteiger partial charge in [-0.1, -0.05) is 0 Å². The Balaban J connectivity index is 0. The molecule has 0 fully saturated rings. The Morgan fingerprint density at radius 2 is 2.00 bits per heavy atom. The topological polar surface area (TPSA) is 35.5 Å². The van der Waals surface area contributed by atoms with Gasteiger partial charge in [0, 0.05) is 7.11 Å². The van der Waals surface area contributed by atoms with Crippen LogP contribution in [0, 0.1) is 0 Å². The quantitative estimate of drug-likeness (QED) is 0.326. The van der Waals surface area contributed by atoms with Crippen LogP contribution in [0.3, 0.4) is 0 Å². The zero-order valence-electron chi connectivity index (χ0n) is 5.79. The lowest BCUT2D eigenvalue weighted by molar-refractivity contribution is -0.153. The molecule has 0 aromatic carbocycles. The van der Waals surface area contributed by atoms with Gasteiger partial charge in [-0.15, -0.1) is 13.2 Å². The van der Waals surface area contributed by atoms with Crippen molar-refractivity contribution in [2.75, 3.05) is 7.11 Å². The Kier molecular flexibility index (Phi) is 12.5. The molecule has 9 heavy (non-hydrogen) atoms. The molecule has 0 aliphatic rings. The first-order valence-corrected chi connectivity index (χ1v) is 2.43. The highest BCUT2D eigenvalue weighted by molar-refractivity contribution is 5.36. The van der Waals surface area contributed by atoms with Crippen LogP contribution in [0.4, 0.5) is 0 Å². The summed E-state index contributed by atoms with van der Waals surface area (Å²) < 4.78 is 8.83. The van der Waals surface area contributed by atoms with Gasteiger partial charge >= 0.3 is 0 Å². The molecule has 0 amide bonds. The van der Waals surface area contributed by atoms with Gasteiger partial charge in [0.25, 0.3) is 6.47 Å². The minimum absolute atomic E-state index is 0.355. The largest absolute Gasteiger partial charge is 0.438 e. The first-order valence-electron chi connectivity index (χ1n) is 2.43. The lowest BCUT2D eigenvalue weighted by Crippen LogP contribution is -2.07. The zero-order chi connectivity index (χ0) is 7.70. The molecule has 0 aliphatic heterocycles. The van der Waals surface area contributed by atoms with Crippen LogP contribution in [0.1, 0.15) is 6.92 Å². The highest BCUT2D eigenvalue weighted by Gasteiger charge is 1.92. The molecule has 3 heteroatoms. The summed E-state index contributed by atoms with van der Waals surface area (Å²) in [6, 6.07) is 0. The SMILES string of the molecule is C=C.COC(C)OC=O. The molecule has 0 saturated heterocycles. The molecule has 0 aliphatic carbocycles. The van der Waals surface area contributed by atoms with Crippen LogP contribution in [0.25, 0.3) is 0 Å². The maximum Gasteiger partial charge on any atom is 0.295 e. The lowest BCUT2D eigenvalue weighted by atomic mass is 10.8. The van der Waals surface area contributed by atoms with E-state index < -0.39 is 6.29 Å². The fourth-order valence-electron chi connectivity index (χ4n) is 0.134. The standard InChI is InChI=1S/C4H8O3.C2H4/c1-4(6-2)7-3-5;1-2/h3-4H,1-2H3;1-2H2. The van der Waals surface area contributed by atoms with Gasteiger partial charge in [-0.25, -0.2) is 0 Å². The number of hydrogen-bond acceptors (Lipinski definition) is 3. The van der Waals surface area contributed by atoms with Gasteiger partial charge in [-0.05, 0) is 6.92 Å². The molecule has 1 atom stereocenters. The van der Waals surface area contributed by atoms with Gasteiger partial charge < -0.3 is 9.47 Å². The van der Waals surface area contributed by atoms with E-state index in [1.807, 2.05) is 0 Å². The number of hydrogen-bond donors (Lipinski definition) is 0. The molecular formula is C6H12O3. The van der Waals surface area contributed by atoms with Gasteiger partial charge in [0.1, 0.15) is 0 Å². The van der Waals surface area contributed by atoms with Crippen molar-refractivity contribution in [3.63, 3.8) is 0 Å². The average molecular weight is 132 g/mol. The summed E-state index contributed by atoms with van der Waals surface area (Å²) in [4.78, 5) is 9.47. The molecule has 1 unspecified atom stereocenters. The number of carbonyl (C=O) groups excluding carboxylic acids is 1. The van der Waals surface area contributed by atoms with Crippen molar-refractivity contribution >= 4 is 6.47 Å². The Labute approximate surface area is 55.3 Å². The minimum atomic E-state index is -0.419. The molecule has 3 nitrogen and oxygen atoms in total. The summed E-state index contributed by atoms with van der Waals surface area (Å²) in [6.07, 6.45) is -0.419. The van der Waals surface area contributed by atoms with Crippen molar-refractivity contribution in [2.45, 2.75) is 13.2 Å². The van der Waals surface area contributed by atoms with E-state index in [1.165, 1.54) is 7.11 Å². The monoisotopic (exact) mass is 132 g/mol. The van der Waals surface area contributed by atoms with E-state index in [-0.39, 0.29) is 0 Å². The lowest BCUT2D eigenvalue weighted by Gasteiger charge is -2.03. The van der Waals surface area contributed by atoms with Crippen LogP contribution in [0.2, 0.25) is 0 Å². The third-order valence-electron chi connectivity index (χ3n) is 0.579. The van der Waals surface area contributed by atoms with Crippen LogP contribution in [-0.4, -0.2) is 19.9 Å². The molecule has 0 heterocycles. The second-order valence-corrected chi connectivity index (χ2v) is 1.04. The van der Waals surface area contributed by atoms with Crippen LogP contribution in [0.5, 0.6) is 0 Å². The van der Waals surface area contributed by atoms with E-state index in [1.54, 1.807) is 6.92 Å². The molecule has 0 saturated carbocycles. The van der Waals surface area contributed by atoms with Crippen molar-refractivity contribution in [3.05, 3.63) is 13.2 Å². The number of carbonyl (C=O) groups is 1. The van der Waals surface area contributed by atoms with Crippen LogP contribution < -0.4 is 0 Å². The van der Waals surface area contributed by atoms with E-state index in [9.17, 15) is 4.79 Å². The predicted octanol–water partition coefficient (Wildman–Crippen LogP) is 0.954. The first kappa shape index (κ1) is 11.0. The van der Waals surface area contributed by atoms with E-state index in [0.29, 0.717) is 6.47 Å². The van der Waals surface area contributed by atoms with Gasteiger partial charge in [-0.2, -0.15) is 0 Å². The molecule has 0 spiro atoms. The normalized spacial score (nSPS) is 10.4. The highest BCUT2D eigenvalue weighted by atomic mass is 16.7. The smallest absolute Gasteiger partial charge is 0.295 e. The van der Waals surface area contributed by atoms with E-state index in [2.05, 4.69) is 22.6 Å². The number of ether oxygens (including phenoxy) is 2. The Morgan fingerprint density at radius 1 is 1.56 bits per heavy atom. The highest BCUT2D eigenvalue weighted by Crippen LogP contribution is 1.83. The third-order valence-corrected chi connectivity index (χ3v) is 0.579. The molecular weight excluding hydrogens is 120 g/mol. The van der Waals surface area contributed by atoms with Crippen molar-refractivity contribution in [1.29, 1.82) is 0 Å². The summed E-state index contributed by atoms with van der Waals surface area (Å²) >= 11 is 0. The summed E-state index contributed by atoms with van der Waals surface area (Å²) in [5.41, 5.74) is 0. The minimum Gasteiger partial charge on any atom is -0.438 e. The van der Waals surface area contributed by atoms with Gasteiger partial charge in [0.15, 0.2) is 6.29 Å². The number of methoxy groups -OCH3 is 1. The first-order chi connectivity index (χ1) is 4.31. The van der Waals surface area contributed by atoms with Crippen LogP contribution in [0.15, 0.2) is 13.2 Å². The second kappa shape index (κ2) is 10.2. The predicted molar refractivity (Wildman–Crippen MR) is 34.9 cm³/mol. The fraction of sp³-hybridized carbons (Fsp3) is 0.500. The fourth-order valence-corrected chi connectivity index (χ4v) is 0.134. The summed E-state index contributed by atoms with van der Waals surface area (Å²) in [6.45, 7) is 7.99. The van der Waals surface area contributed by atoms with Crippen molar-refractivity contribution in [2.24, 2.45) is 0 Å². The van der Waals surface area contributed by atoms with Gasteiger partial charge in [-0.3, -0.25) is 4.79 Å². The van der Waals surface area contributed by atoms with Gasteiger partial charge in [0.2, 0.25) is 0 Å². The Hall–Kier alpha value is -0.830. The van der Waals surface area contributed by atoms with Crippen LogP contribution >= 0.6 is 0 Å². The molecule has 0 N–H and O–H groups in total. The Morgan fingerprint density at radius 3 is 2.11 bits per heavy atom. The zero-order valence-corrected chi connectivity index (χ0v) is 5.79. The van der Waals surface area contributed by atoms with E-state index >= 15 is 0 Å². The summed E-state index contributed by atoms with van der Waals surface area (Å²) in [7, 11) is 1.47. The van der Waals surface area contributed by atoms with E-state index in [0.717, 1.165) is 0 Å². The molecule has 0 aromatic rings. The maximum absolute atomic E-state index is 9.47. The molecule has 0 aromatic heterocycles. The van der Waals surface area contributed by atoms with Gasteiger partial charge in [0.05, 0.1) is 0 Å². The van der Waals surface area contributed by atoms with Crippen molar-refractivity contribution in [1.82, 2.24) is 0 Å². The Bertz CT molecular complexity index is 63.3. The molecule has 0 bridgehead atoms. The second-order valence-electron chi connectivity index (χ2n) is 1.04.